The molecule has 1 aromatic carbocycles. The Hall–Kier alpha value is -1.55. The largest absolute Gasteiger partial charge is 0.494 e. The number of piperidine rings is 1. The van der Waals surface area contributed by atoms with E-state index in [2.05, 4.69) is 17.6 Å². The van der Waals surface area contributed by atoms with E-state index in [0.717, 1.165) is 31.6 Å². The molecular weight excluding hydrogens is 264 g/mol. The van der Waals surface area contributed by atoms with Crippen molar-refractivity contribution in [3.8, 4) is 5.75 Å². The first-order valence-electron chi connectivity index (χ1n) is 7.87. The van der Waals surface area contributed by atoms with Gasteiger partial charge in [0.25, 0.3) is 0 Å². The van der Waals surface area contributed by atoms with Gasteiger partial charge in [-0.2, -0.15) is 0 Å². The van der Waals surface area contributed by atoms with Crippen LogP contribution in [-0.4, -0.2) is 31.1 Å². The van der Waals surface area contributed by atoms with Gasteiger partial charge in [0.05, 0.1) is 6.61 Å². The number of carbonyl (C=O) groups excluding carboxylic acids is 1. The van der Waals surface area contributed by atoms with Gasteiger partial charge in [0, 0.05) is 18.5 Å². The van der Waals surface area contributed by atoms with Gasteiger partial charge in [-0.3, -0.25) is 4.79 Å². The van der Waals surface area contributed by atoms with Crippen molar-refractivity contribution in [3.63, 3.8) is 0 Å². The summed E-state index contributed by atoms with van der Waals surface area (Å²) in [7, 11) is 0. The molecule has 2 N–H and O–H groups in total. The van der Waals surface area contributed by atoms with Crippen LogP contribution in [0.25, 0.3) is 0 Å². The van der Waals surface area contributed by atoms with Gasteiger partial charge in [0.15, 0.2) is 0 Å². The molecular formula is C17H26N2O2. The van der Waals surface area contributed by atoms with Crippen molar-refractivity contribution in [2.75, 3.05) is 13.2 Å². The molecule has 0 aromatic heterocycles. The summed E-state index contributed by atoms with van der Waals surface area (Å²) >= 11 is 0. The van der Waals surface area contributed by atoms with E-state index in [0.29, 0.717) is 19.1 Å². The fraction of sp³-hybridized carbons (Fsp3) is 0.588. The second-order valence-electron chi connectivity index (χ2n) is 5.83. The zero-order chi connectivity index (χ0) is 15.1. The van der Waals surface area contributed by atoms with Crippen LogP contribution in [0, 0.1) is 6.92 Å². The number of amides is 1. The van der Waals surface area contributed by atoms with Gasteiger partial charge >= 0.3 is 0 Å². The zero-order valence-electron chi connectivity index (χ0n) is 13.0. The Morgan fingerprint density at radius 1 is 1.48 bits per heavy atom. The second-order valence-corrected chi connectivity index (χ2v) is 5.83. The maximum atomic E-state index is 11.9. The third-order valence-corrected chi connectivity index (χ3v) is 3.91. The summed E-state index contributed by atoms with van der Waals surface area (Å²) in [4.78, 5) is 11.9. The van der Waals surface area contributed by atoms with Gasteiger partial charge < -0.3 is 15.4 Å². The molecule has 1 fully saturated rings. The van der Waals surface area contributed by atoms with E-state index in [9.17, 15) is 4.79 Å². The van der Waals surface area contributed by atoms with Crippen molar-refractivity contribution in [1.29, 1.82) is 0 Å². The van der Waals surface area contributed by atoms with Crippen molar-refractivity contribution >= 4 is 5.91 Å². The third kappa shape index (κ3) is 5.38. The first kappa shape index (κ1) is 15.8. The first-order chi connectivity index (χ1) is 10.1. The Labute approximate surface area is 127 Å². The lowest BCUT2D eigenvalue weighted by atomic mass is 10.00. The van der Waals surface area contributed by atoms with Crippen LogP contribution in [0.15, 0.2) is 24.3 Å². The molecule has 0 spiro atoms. The number of aryl methyl sites for hydroxylation is 1. The highest BCUT2D eigenvalue weighted by molar-refractivity contribution is 5.76. The standard InChI is InChI=1S/C17H26N2O2/c1-13-6-3-7-15(12-13)21-11-5-9-17(20)19-16-8-4-10-18-14(16)2/h3,6-7,12,14,16,18H,4-5,8-11H2,1-2H3,(H,19,20). The van der Waals surface area contributed by atoms with Crippen molar-refractivity contribution < 1.29 is 9.53 Å². The molecule has 21 heavy (non-hydrogen) atoms. The smallest absolute Gasteiger partial charge is 0.220 e. The third-order valence-electron chi connectivity index (χ3n) is 3.91. The molecule has 0 bridgehead atoms. The molecule has 0 saturated carbocycles. The molecule has 4 nitrogen and oxygen atoms in total. The van der Waals surface area contributed by atoms with Gasteiger partial charge in [0.2, 0.25) is 5.91 Å². The number of ether oxygens (including phenoxy) is 1. The topological polar surface area (TPSA) is 50.4 Å². The minimum Gasteiger partial charge on any atom is -0.494 e. The molecule has 4 heteroatoms. The number of benzene rings is 1. The molecule has 1 heterocycles. The molecule has 1 amide bonds. The lowest BCUT2D eigenvalue weighted by Gasteiger charge is -2.30. The van der Waals surface area contributed by atoms with Crippen molar-refractivity contribution in [3.05, 3.63) is 29.8 Å². The van der Waals surface area contributed by atoms with Crippen LogP contribution < -0.4 is 15.4 Å². The minimum atomic E-state index is 0.128. The molecule has 0 radical (unpaired) electrons. The van der Waals surface area contributed by atoms with E-state index in [1.807, 2.05) is 31.2 Å². The number of hydrogen-bond acceptors (Lipinski definition) is 3. The number of carbonyl (C=O) groups is 1. The summed E-state index contributed by atoms with van der Waals surface area (Å²) in [6, 6.07) is 8.61. The Bertz CT molecular complexity index is 462. The quantitative estimate of drug-likeness (QED) is 0.791. The van der Waals surface area contributed by atoms with Gasteiger partial charge in [-0.15, -0.1) is 0 Å². The summed E-state index contributed by atoms with van der Waals surface area (Å²) < 4.78 is 5.66. The van der Waals surface area contributed by atoms with E-state index in [1.54, 1.807) is 0 Å². The molecule has 2 unspecified atom stereocenters. The summed E-state index contributed by atoms with van der Waals surface area (Å²) in [5, 5.41) is 6.51. The van der Waals surface area contributed by atoms with E-state index >= 15 is 0 Å². The molecule has 0 aliphatic carbocycles. The SMILES string of the molecule is Cc1cccc(OCCCC(=O)NC2CCCNC2C)c1. The second kappa shape index (κ2) is 8.03. The number of rotatable bonds is 6. The first-order valence-corrected chi connectivity index (χ1v) is 7.87. The highest BCUT2D eigenvalue weighted by atomic mass is 16.5. The van der Waals surface area contributed by atoms with Crippen molar-refractivity contribution in [2.24, 2.45) is 0 Å². The Kier molecular flexibility index (Phi) is 6.05. The van der Waals surface area contributed by atoms with E-state index in [-0.39, 0.29) is 11.9 Å². The van der Waals surface area contributed by atoms with Gasteiger partial charge in [0.1, 0.15) is 5.75 Å². The van der Waals surface area contributed by atoms with Crippen LogP contribution in [0.1, 0.15) is 38.2 Å². The Morgan fingerprint density at radius 2 is 2.33 bits per heavy atom. The molecule has 2 atom stereocenters. The van der Waals surface area contributed by atoms with Crippen LogP contribution in [0.2, 0.25) is 0 Å². The summed E-state index contributed by atoms with van der Waals surface area (Å²) in [6.07, 6.45) is 3.47. The lowest BCUT2D eigenvalue weighted by Crippen LogP contribution is -2.51. The lowest BCUT2D eigenvalue weighted by molar-refractivity contribution is -0.122. The van der Waals surface area contributed by atoms with E-state index < -0.39 is 0 Å². The molecule has 1 aromatic rings. The summed E-state index contributed by atoms with van der Waals surface area (Å²) in [5.74, 6) is 1.00. The van der Waals surface area contributed by atoms with Crippen LogP contribution in [0.5, 0.6) is 5.75 Å². The van der Waals surface area contributed by atoms with Crippen LogP contribution in [-0.2, 0) is 4.79 Å². The highest BCUT2D eigenvalue weighted by Crippen LogP contribution is 2.13. The predicted octanol–water partition coefficient (Wildman–Crippen LogP) is 2.41. The fourth-order valence-corrected chi connectivity index (χ4v) is 2.65. The average molecular weight is 290 g/mol. The molecule has 1 aliphatic rings. The molecule has 116 valence electrons. The average Bonchev–Trinajstić information content (AvgIpc) is 2.46. The Balaban J connectivity index is 1.63. The number of hydrogen-bond donors (Lipinski definition) is 2. The molecule has 1 aliphatic heterocycles. The van der Waals surface area contributed by atoms with Crippen molar-refractivity contribution in [1.82, 2.24) is 10.6 Å². The van der Waals surface area contributed by atoms with Crippen LogP contribution in [0.3, 0.4) is 0 Å². The predicted molar refractivity (Wildman–Crippen MR) is 84.5 cm³/mol. The zero-order valence-corrected chi connectivity index (χ0v) is 13.0. The van der Waals surface area contributed by atoms with Crippen molar-refractivity contribution in [2.45, 2.75) is 51.6 Å². The summed E-state index contributed by atoms with van der Waals surface area (Å²) in [5.41, 5.74) is 1.18. The van der Waals surface area contributed by atoms with Crippen LogP contribution in [0.4, 0.5) is 0 Å². The monoisotopic (exact) mass is 290 g/mol. The maximum Gasteiger partial charge on any atom is 0.220 e. The summed E-state index contributed by atoms with van der Waals surface area (Å²) in [6.45, 7) is 5.80. The normalized spacial score (nSPS) is 21.8. The Morgan fingerprint density at radius 3 is 3.10 bits per heavy atom. The van der Waals surface area contributed by atoms with E-state index in [1.165, 1.54) is 5.56 Å². The maximum absolute atomic E-state index is 11.9. The van der Waals surface area contributed by atoms with Crippen LogP contribution >= 0.6 is 0 Å². The highest BCUT2D eigenvalue weighted by Gasteiger charge is 2.21. The van der Waals surface area contributed by atoms with Gasteiger partial charge in [-0.1, -0.05) is 12.1 Å². The molecule has 1 saturated heterocycles. The number of nitrogens with one attached hydrogen (secondary N) is 2. The van der Waals surface area contributed by atoms with E-state index in [4.69, 9.17) is 4.74 Å². The minimum absolute atomic E-state index is 0.128. The fourth-order valence-electron chi connectivity index (χ4n) is 2.65. The van der Waals surface area contributed by atoms with Gasteiger partial charge in [-0.05, 0) is 57.4 Å². The molecule has 2 rings (SSSR count). The van der Waals surface area contributed by atoms with Gasteiger partial charge in [-0.25, -0.2) is 0 Å².